The zero-order valence-electron chi connectivity index (χ0n) is 20.5. The number of H-pyrrole nitrogens is 1. The summed E-state index contributed by atoms with van der Waals surface area (Å²) < 4.78 is 10.4. The number of hydrogen-bond donors (Lipinski definition) is 2. The monoisotopic (exact) mass is 489 g/mol. The molecule has 9 heteroatoms. The van der Waals surface area contributed by atoms with Crippen molar-refractivity contribution in [2.75, 3.05) is 13.7 Å². The topological polar surface area (TPSA) is 122 Å². The average Bonchev–Trinajstić information content (AvgIpc) is 3.32. The van der Waals surface area contributed by atoms with E-state index < -0.39 is 23.7 Å². The van der Waals surface area contributed by atoms with E-state index in [9.17, 15) is 19.5 Å². The molecule has 1 amide bonds. The second-order valence-corrected chi connectivity index (χ2v) is 8.41. The minimum Gasteiger partial charge on any atom is -0.507 e. The number of esters is 1. The lowest BCUT2D eigenvalue weighted by Gasteiger charge is -2.25. The van der Waals surface area contributed by atoms with Gasteiger partial charge in [0.1, 0.15) is 17.2 Å². The lowest BCUT2D eigenvalue weighted by Crippen LogP contribution is -2.29. The van der Waals surface area contributed by atoms with Gasteiger partial charge in [-0.15, -0.1) is 0 Å². The van der Waals surface area contributed by atoms with Gasteiger partial charge in [-0.1, -0.05) is 18.2 Å². The molecule has 0 spiro atoms. The second-order valence-electron chi connectivity index (χ2n) is 8.41. The van der Waals surface area contributed by atoms with Gasteiger partial charge in [-0.05, 0) is 55.7 Å². The SMILES string of the molecule is CCOC(=O)c1[nH]c(C)c(C(O)=C2C(=O)C(=O)N(Cc3cccnc3)[C@@H]2c2ccc(OC)cc2)c1C. The number of carbonyl (C=O) groups is 3. The first kappa shape index (κ1) is 24.7. The van der Waals surface area contributed by atoms with E-state index in [1.807, 2.05) is 6.07 Å². The Kier molecular flexibility index (Phi) is 6.91. The van der Waals surface area contributed by atoms with Gasteiger partial charge in [-0.25, -0.2) is 4.79 Å². The first-order chi connectivity index (χ1) is 17.3. The summed E-state index contributed by atoms with van der Waals surface area (Å²) in [5.74, 6) is -1.86. The fourth-order valence-corrected chi connectivity index (χ4v) is 4.51. The molecular formula is C27H27N3O6. The van der Waals surface area contributed by atoms with Crippen LogP contribution in [-0.2, 0) is 20.9 Å². The molecule has 1 saturated heterocycles. The number of aliphatic hydroxyl groups excluding tert-OH is 1. The molecule has 3 heterocycles. The maximum absolute atomic E-state index is 13.3. The highest BCUT2D eigenvalue weighted by molar-refractivity contribution is 6.46. The Labute approximate surface area is 208 Å². The number of likely N-dealkylation sites (tertiary alicyclic amines) is 1. The van der Waals surface area contributed by atoms with E-state index in [2.05, 4.69) is 9.97 Å². The van der Waals surface area contributed by atoms with Crippen molar-refractivity contribution >= 4 is 23.4 Å². The molecule has 1 fully saturated rings. The third-order valence-electron chi connectivity index (χ3n) is 6.20. The summed E-state index contributed by atoms with van der Waals surface area (Å²) in [7, 11) is 1.54. The van der Waals surface area contributed by atoms with Gasteiger partial charge in [0.05, 0.1) is 25.3 Å². The van der Waals surface area contributed by atoms with Gasteiger partial charge in [0.15, 0.2) is 0 Å². The molecule has 0 bridgehead atoms. The largest absolute Gasteiger partial charge is 0.507 e. The standard InChI is InChI=1S/C27H27N3O6/c1-5-36-27(34)22-15(2)20(16(3)29-22)24(31)21-23(18-8-10-19(35-4)11-9-18)30(26(33)25(21)32)14-17-7-6-12-28-13-17/h6-13,23,29,31H,5,14H2,1-4H3/t23-/m1/s1. The number of benzene rings is 1. The van der Waals surface area contributed by atoms with E-state index in [4.69, 9.17) is 9.47 Å². The van der Waals surface area contributed by atoms with Gasteiger partial charge < -0.3 is 24.5 Å². The van der Waals surface area contributed by atoms with Crippen LogP contribution in [0, 0.1) is 13.8 Å². The predicted octanol–water partition coefficient (Wildman–Crippen LogP) is 3.83. The van der Waals surface area contributed by atoms with Gasteiger partial charge in [0.25, 0.3) is 11.7 Å². The number of carbonyl (C=O) groups excluding carboxylic acids is 3. The van der Waals surface area contributed by atoms with Crippen LogP contribution < -0.4 is 4.74 Å². The number of pyridine rings is 1. The van der Waals surface area contributed by atoms with Crippen LogP contribution in [0.15, 0.2) is 54.4 Å². The van der Waals surface area contributed by atoms with Crippen molar-refractivity contribution < 1.29 is 29.0 Å². The molecule has 4 rings (SSSR count). The molecule has 186 valence electrons. The minimum absolute atomic E-state index is 0.0605. The van der Waals surface area contributed by atoms with Crippen molar-refractivity contribution in [2.24, 2.45) is 0 Å². The number of methoxy groups -OCH3 is 1. The van der Waals surface area contributed by atoms with Gasteiger partial charge >= 0.3 is 5.97 Å². The highest BCUT2D eigenvalue weighted by Gasteiger charge is 2.46. The maximum atomic E-state index is 13.3. The number of aryl methyl sites for hydroxylation is 1. The van der Waals surface area contributed by atoms with Crippen molar-refractivity contribution in [3.05, 3.63) is 88.0 Å². The maximum Gasteiger partial charge on any atom is 0.355 e. The fourth-order valence-electron chi connectivity index (χ4n) is 4.51. The number of ether oxygens (including phenoxy) is 2. The average molecular weight is 490 g/mol. The van der Waals surface area contributed by atoms with E-state index >= 15 is 0 Å². The van der Waals surface area contributed by atoms with Crippen LogP contribution >= 0.6 is 0 Å². The molecular weight excluding hydrogens is 462 g/mol. The molecule has 0 unspecified atom stereocenters. The zero-order valence-corrected chi connectivity index (χ0v) is 20.5. The Hall–Kier alpha value is -4.40. The summed E-state index contributed by atoms with van der Waals surface area (Å²) in [5, 5.41) is 11.5. The van der Waals surface area contributed by atoms with Crippen molar-refractivity contribution in [1.29, 1.82) is 0 Å². The third kappa shape index (κ3) is 4.35. The summed E-state index contributed by atoms with van der Waals surface area (Å²) in [6, 6.07) is 9.65. The van der Waals surface area contributed by atoms with Crippen molar-refractivity contribution in [3.8, 4) is 5.75 Å². The number of nitrogens with one attached hydrogen (secondary N) is 1. The summed E-state index contributed by atoms with van der Waals surface area (Å²) >= 11 is 0. The summed E-state index contributed by atoms with van der Waals surface area (Å²) in [6.45, 7) is 5.33. The Morgan fingerprint density at radius 2 is 1.89 bits per heavy atom. The third-order valence-corrected chi connectivity index (χ3v) is 6.20. The highest BCUT2D eigenvalue weighted by Crippen LogP contribution is 2.42. The molecule has 1 aliphatic heterocycles. The minimum atomic E-state index is -0.865. The first-order valence-corrected chi connectivity index (χ1v) is 11.5. The molecule has 3 aromatic rings. The van der Waals surface area contributed by atoms with E-state index in [0.29, 0.717) is 22.6 Å². The van der Waals surface area contributed by atoms with Gasteiger partial charge in [0, 0.05) is 30.2 Å². The lowest BCUT2D eigenvalue weighted by atomic mass is 9.94. The van der Waals surface area contributed by atoms with Crippen LogP contribution in [0.1, 0.15) is 51.4 Å². The summed E-state index contributed by atoms with van der Waals surface area (Å²) in [4.78, 5) is 47.4. The lowest BCUT2D eigenvalue weighted by molar-refractivity contribution is -0.140. The molecule has 0 saturated carbocycles. The smallest absolute Gasteiger partial charge is 0.355 e. The van der Waals surface area contributed by atoms with Crippen molar-refractivity contribution in [2.45, 2.75) is 33.4 Å². The van der Waals surface area contributed by atoms with E-state index in [0.717, 1.165) is 5.56 Å². The second kappa shape index (κ2) is 10.1. The number of ketones is 1. The van der Waals surface area contributed by atoms with E-state index in [1.165, 1.54) is 4.90 Å². The molecule has 0 radical (unpaired) electrons. The molecule has 1 atom stereocenters. The normalized spacial score (nSPS) is 16.9. The Morgan fingerprint density at radius 1 is 1.17 bits per heavy atom. The Morgan fingerprint density at radius 3 is 2.50 bits per heavy atom. The Balaban J connectivity index is 1.88. The molecule has 2 aromatic heterocycles. The van der Waals surface area contributed by atoms with Gasteiger partial charge in [0.2, 0.25) is 0 Å². The molecule has 36 heavy (non-hydrogen) atoms. The van der Waals surface area contributed by atoms with Crippen LogP contribution in [0.4, 0.5) is 0 Å². The van der Waals surface area contributed by atoms with Gasteiger partial charge in [-0.3, -0.25) is 14.6 Å². The van der Waals surface area contributed by atoms with Crippen LogP contribution in [-0.4, -0.2) is 51.4 Å². The Bertz CT molecular complexity index is 1340. The van der Waals surface area contributed by atoms with Crippen molar-refractivity contribution in [3.63, 3.8) is 0 Å². The van der Waals surface area contributed by atoms with Gasteiger partial charge in [-0.2, -0.15) is 0 Å². The summed E-state index contributed by atoms with van der Waals surface area (Å²) in [5.41, 5.74) is 2.66. The van der Waals surface area contributed by atoms with E-state index in [-0.39, 0.29) is 35.7 Å². The predicted molar refractivity (Wildman–Crippen MR) is 131 cm³/mol. The quantitative estimate of drug-likeness (QED) is 0.224. The van der Waals surface area contributed by atoms with E-state index in [1.54, 1.807) is 70.6 Å². The molecule has 1 aromatic carbocycles. The molecule has 2 N–H and O–H groups in total. The number of amides is 1. The van der Waals surface area contributed by atoms with Crippen molar-refractivity contribution in [1.82, 2.24) is 14.9 Å². The highest BCUT2D eigenvalue weighted by atomic mass is 16.5. The molecule has 9 nitrogen and oxygen atoms in total. The molecule has 1 aliphatic rings. The number of hydrogen-bond acceptors (Lipinski definition) is 7. The first-order valence-electron chi connectivity index (χ1n) is 11.5. The number of aromatic nitrogens is 2. The number of aromatic amines is 1. The zero-order chi connectivity index (χ0) is 26.0. The fraction of sp³-hybridized carbons (Fsp3) is 0.259. The number of aliphatic hydroxyl groups is 1. The number of nitrogens with zero attached hydrogens (tertiary/aromatic N) is 2. The summed E-state index contributed by atoms with van der Waals surface area (Å²) in [6.07, 6.45) is 3.24. The van der Waals surface area contributed by atoms with Crippen LogP contribution in [0.3, 0.4) is 0 Å². The number of Topliss-reactive ketones (excluding diaryl/α,β-unsaturated/α-hetero) is 1. The van der Waals surface area contributed by atoms with Crippen LogP contribution in [0.25, 0.3) is 5.76 Å². The van der Waals surface area contributed by atoms with Crippen LogP contribution in [0.5, 0.6) is 5.75 Å². The van der Waals surface area contributed by atoms with Crippen LogP contribution in [0.2, 0.25) is 0 Å². The number of rotatable bonds is 7. The molecule has 0 aliphatic carbocycles.